The standard InChI is InChI=1S/C15H22O4/c1-10(9-15(2,3)4)8-11(16)12-6-7-13(19-12)14(17)18-5/h6-7,10H,8-9H2,1-5H3. The number of Topliss-reactive ketones (excluding diaryl/α,β-unsaturated/α-hetero) is 1. The summed E-state index contributed by atoms with van der Waals surface area (Å²) in [7, 11) is 1.28. The smallest absolute Gasteiger partial charge is 0.373 e. The summed E-state index contributed by atoms with van der Waals surface area (Å²) in [6.07, 6.45) is 1.38. The molecule has 0 saturated carbocycles. The van der Waals surface area contributed by atoms with E-state index in [1.165, 1.54) is 19.2 Å². The lowest BCUT2D eigenvalue weighted by atomic mass is 9.83. The molecular weight excluding hydrogens is 244 g/mol. The third kappa shape index (κ3) is 4.89. The van der Waals surface area contributed by atoms with Gasteiger partial charge < -0.3 is 9.15 Å². The van der Waals surface area contributed by atoms with Crippen molar-refractivity contribution >= 4 is 11.8 Å². The molecule has 1 aromatic rings. The van der Waals surface area contributed by atoms with Crippen molar-refractivity contribution in [3.8, 4) is 0 Å². The van der Waals surface area contributed by atoms with Crippen LogP contribution in [0.2, 0.25) is 0 Å². The van der Waals surface area contributed by atoms with Crippen LogP contribution >= 0.6 is 0 Å². The maximum Gasteiger partial charge on any atom is 0.373 e. The fraction of sp³-hybridized carbons (Fsp3) is 0.600. The number of carbonyl (C=O) groups excluding carboxylic acids is 2. The molecule has 106 valence electrons. The van der Waals surface area contributed by atoms with Gasteiger partial charge in [-0.2, -0.15) is 0 Å². The van der Waals surface area contributed by atoms with Gasteiger partial charge in [0.25, 0.3) is 0 Å². The van der Waals surface area contributed by atoms with Crippen molar-refractivity contribution in [1.82, 2.24) is 0 Å². The number of hydrogen-bond donors (Lipinski definition) is 0. The first kappa shape index (κ1) is 15.5. The molecule has 0 bridgehead atoms. The minimum absolute atomic E-state index is 0.0642. The van der Waals surface area contributed by atoms with E-state index in [1.54, 1.807) is 0 Å². The summed E-state index contributed by atoms with van der Waals surface area (Å²) in [6, 6.07) is 2.99. The number of esters is 1. The number of furan rings is 1. The Kier molecular flexibility index (Phi) is 4.92. The number of rotatable bonds is 5. The number of ketones is 1. The van der Waals surface area contributed by atoms with E-state index in [0.29, 0.717) is 6.42 Å². The van der Waals surface area contributed by atoms with Gasteiger partial charge >= 0.3 is 5.97 Å². The maximum absolute atomic E-state index is 12.0. The van der Waals surface area contributed by atoms with Crippen molar-refractivity contribution in [2.75, 3.05) is 7.11 Å². The van der Waals surface area contributed by atoms with Gasteiger partial charge in [0.1, 0.15) is 0 Å². The molecule has 0 fully saturated rings. The number of methoxy groups -OCH3 is 1. The molecule has 1 heterocycles. The molecule has 0 N–H and O–H groups in total. The van der Waals surface area contributed by atoms with Gasteiger partial charge in [-0.3, -0.25) is 4.79 Å². The predicted molar refractivity (Wildman–Crippen MR) is 72.2 cm³/mol. The lowest BCUT2D eigenvalue weighted by Crippen LogP contribution is -2.14. The number of hydrogen-bond acceptors (Lipinski definition) is 4. The average Bonchev–Trinajstić information content (AvgIpc) is 2.74. The van der Waals surface area contributed by atoms with E-state index >= 15 is 0 Å². The molecule has 0 aromatic carbocycles. The molecule has 0 aliphatic heterocycles. The molecule has 1 aromatic heterocycles. The van der Waals surface area contributed by atoms with Crippen LogP contribution in [0.25, 0.3) is 0 Å². The van der Waals surface area contributed by atoms with E-state index < -0.39 is 5.97 Å². The molecule has 0 aliphatic rings. The minimum Gasteiger partial charge on any atom is -0.463 e. The lowest BCUT2D eigenvalue weighted by molar-refractivity contribution is 0.0563. The Morgan fingerprint density at radius 1 is 1.26 bits per heavy atom. The van der Waals surface area contributed by atoms with Crippen molar-refractivity contribution in [1.29, 1.82) is 0 Å². The van der Waals surface area contributed by atoms with Crippen LogP contribution in [-0.4, -0.2) is 18.9 Å². The first-order valence-corrected chi connectivity index (χ1v) is 6.44. The molecule has 1 atom stereocenters. The summed E-state index contributed by atoms with van der Waals surface area (Å²) in [6.45, 7) is 8.50. The summed E-state index contributed by atoms with van der Waals surface area (Å²) >= 11 is 0. The van der Waals surface area contributed by atoms with Gasteiger partial charge in [0.05, 0.1) is 7.11 Å². The Balaban J connectivity index is 2.63. The highest BCUT2D eigenvalue weighted by molar-refractivity contribution is 5.95. The zero-order valence-corrected chi connectivity index (χ0v) is 12.3. The van der Waals surface area contributed by atoms with Crippen molar-refractivity contribution in [3.63, 3.8) is 0 Å². The van der Waals surface area contributed by atoms with Crippen LogP contribution in [0.1, 0.15) is 61.6 Å². The Morgan fingerprint density at radius 3 is 2.37 bits per heavy atom. The van der Waals surface area contributed by atoms with Gasteiger partial charge in [-0.15, -0.1) is 0 Å². The van der Waals surface area contributed by atoms with Gasteiger partial charge in [-0.05, 0) is 29.9 Å². The van der Waals surface area contributed by atoms with Gasteiger partial charge in [0, 0.05) is 6.42 Å². The second-order valence-electron chi connectivity index (χ2n) is 6.15. The SMILES string of the molecule is COC(=O)c1ccc(C(=O)CC(C)CC(C)(C)C)o1. The Morgan fingerprint density at radius 2 is 1.84 bits per heavy atom. The predicted octanol–water partition coefficient (Wildman–Crippen LogP) is 3.71. The zero-order chi connectivity index (χ0) is 14.6. The normalized spacial score (nSPS) is 13.1. The molecule has 4 heteroatoms. The molecule has 0 aliphatic carbocycles. The molecule has 0 amide bonds. The van der Waals surface area contributed by atoms with E-state index in [0.717, 1.165) is 6.42 Å². The Labute approximate surface area is 114 Å². The first-order chi connectivity index (χ1) is 8.73. The number of ether oxygens (including phenoxy) is 1. The fourth-order valence-corrected chi connectivity index (χ4v) is 2.23. The van der Waals surface area contributed by atoms with E-state index in [1.807, 2.05) is 6.92 Å². The summed E-state index contributed by atoms with van der Waals surface area (Å²) < 4.78 is 9.74. The van der Waals surface area contributed by atoms with Crippen LogP contribution in [0.5, 0.6) is 0 Å². The van der Waals surface area contributed by atoms with Gasteiger partial charge in [0.15, 0.2) is 11.5 Å². The minimum atomic E-state index is -0.568. The Bertz CT molecular complexity index is 451. The van der Waals surface area contributed by atoms with Crippen LogP contribution in [0.3, 0.4) is 0 Å². The third-order valence-electron chi connectivity index (χ3n) is 2.76. The van der Waals surface area contributed by atoms with Crippen molar-refractivity contribution < 1.29 is 18.7 Å². The summed E-state index contributed by atoms with van der Waals surface area (Å²) in [5.74, 6) is -0.0802. The van der Waals surface area contributed by atoms with Crippen LogP contribution < -0.4 is 0 Å². The van der Waals surface area contributed by atoms with Crippen LogP contribution in [-0.2, 0) is 4.74 Å². The molecular formula is C15H22O4. The lowest BCUT2D eigenvalue weighted by Gasteiger charge is -2.22. The largest absolute Gasteiger partial charge is 0.463 e. The molecule has 0 saturated heterocycles. The summed E-state index contributed by atoms with van der Waals surface area (Å²) in [4.78, 5) is 23.3. The molecule has 4 nitrogen and oxygen atoms in total. The maximum atomic E-state index is 12.0. The first-order valence-electron chi connectivity index (χ1n) is 6.44. The zero-order valence-electron chi connectivity index (χ0n) is 12.3. The fourth-order valence-electron chi connectivity index (χ4n) is 2.23. The average molecular weight is 266 g/mol. The second kappa shape index (κ2) is 6.04. The van der Waals surface area contributed by atoms with E-state index in [2.05, 4.69) is 25.5 Å². The quantitative estimate of drug-likeness (QED) is 0.602. The Hall–Kier alpha value is -1.58. The second-order valence-corrected chi connectivity index (χ2v) is 6.15. The van der Waals surface area contributed by atoms with Crippen LogP contribution in [0, 0.1) is 11.3 Å². The van der Waals surface area contributed by atoms with Gasteiger partial charge in [0.2, 0.25) is 5.76 Å². The van der Waals surface area contributed by atoms with Crippen molar-refractivity contribution in [2.45, 2.75) is 40.5 Å². The van der Waals surface area contributed by atoms with Crippen molar-refractivity contribution in [2.24, 2.45) is 11.3 Å². The van der Waals surface area contributed by atoms with Gasteiger partial charge in [-0.1, -0.05) is 27.7 Å². The highest BCUT2D eigenvalue weighted by atomic mass is 16.5. The molecule has 0 radical (unpaired) electrons. The highest BCUT2D eigenvalue weighted by Crippen LogP contribution is 2.27. The number of carbonyl (C=O) groups is 2. The van der Waals surface area contributed by atoms with Crippen molar-refractivity contribution in [3.05, 3.63) is 23.7 Å². The molecule has 0 spiro atoms. The van der Waals surface area contributed by atoms with E-state index in [-0.39, 0.29) is 28.6 Å². The van der Waals surface area contributed by atoms with E-state index in [4.69, 9.17) is 4.42 Å². The highest BCUT2D eigenvalue weighted by Gasteiger charge is 2.21. The summed E-state index contributed by atoms with van der Waals surface area (Å²) in [5.41, 5.74) is 0.194. The molecule has 19 heavy (non-hydrogen) atoms. The van der Waals surface area contributed by atoms with Gasteiger partial charge in [-0.25, -0.2) is 4.79 Å². The monoisotopic (exact) mass is 266 g/mol. The topological polar surface area (TPSA) is 56.5 Å². The molecule has 1 rings (SSSR count). The molecule has 1 unspecified atom stereocenters. The van der Waals surface area contributed by atoms with E-state index in [9.17, 15) is 9.59 Å². The van der Waals surface area contributed by atoms with Crippen LogP contribution in [0.15, 0.2) is 16.5 Å². The third-order valence-corrected chi connectivity index (χ3v) is 2.76. The van der Waals surface area contributed by atoms with Crippen LogP contribution in [0.4, 0.5) is 0 Å². The summed E-state index contributed by atoms with van der Waals surface area (Å²) in [5, 5.41) is 0.